The molecule has 0 unspecified atom stereocenters. The van der Waals surface area contributed by atoms with E-state index in [2.05, 4.69) is 6.08 Å². The first-order valence-electron chi connectivity index (χ1n) is 6.73. The van der Waals surface area contributed by atoms with E-state index in [4.69, 9.17) is 9.84 Å². The highest BCUT2D eigenvalue weighted by Gasteiger charge is 2.20. The first-order chi connectivity index (χ1) is 8.81. The van der Waals surface area contributed by atoms with Crippen molar-refractivity contribution < 1.29 is 14.6 Å². The van der Waals surface area contributed by atoms with Gasteiger partial charge < -0.3 is 9.84 Å². The van der Waals surface area contributed by atoms with Crippen molar-refractivity contribution in [2.24, 2.45) is 0 Å². The molecule has 2 rings (SSSR count). The second-order valence-electron chi connectivity index (χ2n) is 4.70. The third-order valence-corrected chi connectivity index (χ3v) is 3.31. The summed E-state index contributed by atoms with van der Waals surface area (Å²) < 4.78 is 5.41. The Morgan fingerprint density at radius 3 is 2.67 bits per heavy atom. The van der Waals surface area contributed by atoms with E-state index in [1.54, 1.807) is 6.08 Å². The Bertz CT molecular complexity index is 402. The maximum Gasteiger partial charge on any atom is 0.343 e. The van der Waals surface area contributed by atoms with Gasteiger partial charge in [0.15, 0.2) is 0 Å². The maximum atomic E-state index is 12.1. The van der Waals surface area contributed by atoms with E-state index in [0.717, 1.165) is 49.9 Å². The minimum absolute atomic E-state index is 0.0623. The van der Waals surface area contributed by atoms with Crippen molar-refractivity contribution in [1.82, 2.24) is 0 Å². The summed E-state index contributed by atoms with van der Waals surface area (Å²) in [4.78, 5) is 12.1. The highest BCUT2D eigenvalue weighted by molar-refractivity contribution is 5.94. The van der Waals surface area contributed by atoms with Gasteiger partial charge in [-0.2, -0.15) is 0 Å². The fourth-order valence-electron chi connectivity index (χ4n) is 2.38. The predicted octanol–water partition coefficient (Wildman–Crippen LogP) is 3.02. The highest BCUT2D eigenvalue weighted by atomic mass is 16.5. The molecule has 0 amide bonds. The molecule has 0 spiro atoms. The van der Waals surface area contributed by atoms with Gasteiger partial charge >= 0.3 is 5.97 Å². The van der Waals surface area contributed by atoms with Crippen LogP contribution in [0.3, 0.4) is 0 Å². The Morgan fingerprint density at radius 1 is 1.28 bits per heavy atom. The second kappa shape index (κ2) is 6.55. The van der Waals surface area contributed by atoms with Gasteiger partial charge in [-0.25, -0.2) is 4.79 Å². The van der Waals surface area contributed by atoms with Crippen LogP contribution in [0.2, 0.25) is 0 Å². The third kappa shape index (κ3) is 3.33. The molecule has 0 saturated heterocycles. The van der Waals surface area contributed by atoms with Gasteiger partial charge in [0.2, 0.25) is 0 Å². The van der Waals surface area contributed by atoms with Crippen LogP contribution in [0.1, 0.15) is 44.9 Å². The zero-order valence-electron chi connectivity index (χ0n) is 10.7. The molecule has 0 aromatic heterocycles. The first kappa shape index (κ1) is 13.1. The number of aliphatic hydroxyl groups excluding tert-OH is 1. The minimum atomic E-state index is -0.259. The number of hydrogen-bond donors (Lipinski definition) is 1. The van der Waals surface area contributed by atoms with Crippen LogP contribution in [0.15, 0.2) is 35.1 Å². The predicted molar refractivity (Wildman–Crippen MR) is 69.7 cm³/mol. The standard InChI is InChI=1S/C15H20O3/c16-11-5-10-14(12-6-1-2-7-12)15(17)18-13-8-3-4-9-13/h6,8,10,16H,1-5,7,9,11H2. The molecule has 2 aliphatic rings. The van der Waals surface area contributed by atoms with Crippen LogP contribution in [-0.2, 0) is 9.53 Å². The summed E-state index contributed by atoms with van der Waals surface area (Å²) in [6.07, 6.45) is 12.4. The molecule has 2 aliphatic carbocycles. The van der Waals surface area contributed by atoms with E-state index in [1.165, 1.54) is 0 Å². The minimum Gasteiger partial charge on any atom is -0.428 e. The summed E-state index contributed by atoms with van der Waals surface area (Å²) in [5, 5.41) is 8.90. The Balaban J connectivity index is 2.05. The number of carbonyl (C=O) groups is 1. The number of ether oxygens (including phenoxy) is 1. The van der Waals surface area contributed by atoms with Gasteiger partial charge in [0.05, 0.1) is 5.57 Å². The van der Waals surface area contributed by atoms with E-state index in [0.29, 0.717) is 12.0 Å². The quantitative estimate of drug-likeness (QED) is 0.601. The first-order valence-corrected chi connectivity index (χ1v) is 6.73. The molecule has 0 aliphatic heterocycles. The summed E-state index contributed by atoms with van der Waals surface area (Å²) in [6.45, 7) is 0.0623. The fraction of sp³-hybridized carbons (Fsp3) is 0.533. The summed E-state index contributed by atoms with van der Waals surface area (Å²) in [7, 11) is 0. The van der Waals surface area contributed by atoms with Crippen LogP contribution in [-0.4, -0.2) is 17.7 Å². The maximum absolute atomic E-state index is 12.1. The Morgan fingerprint density at radius 2 is 2.06 bits per heavy atom. The van der Waals surface area contributed by atoms with E-state index in [-0.39, 0.29) is 12.6 Å². The second-order valence-corrected chi connectivity index (χ2v) is 4.70. The molecule has 98 valence electrons. The Labute approximate surface area is 108 Å². The molecule has 0 bridgehead atoms. The topological polar surface area (TPSA) is 46.5 Å². The summed E-state index contributed by atoms with van der Waals surface area (Å²) >= 11 is 0. The van der Waals surface area contributed by atoms with Gasteiger partial charge in [0.1, 0.15) is 5.76 Å². The number of hydrogen-bond acceptors (Lipinski definition) is 3. The van der Waals surface area contributed by atoms with Crippen LogP contribution < -0.4 is 0 Å². The lowest BCUT2D eigenvalue weighted by Gasteiger charge is -2.09. The van der Waals surface area contributed by atoms with Crippen molar-refractivity contribution in [3.63, 3.8) is 0 Å². The molecule has 0 aromatic carbocycles. The molecule has 0 atom stereocenters. The number of esters is 1. The SMILES string of the molecule is O=C(OC1=CCCC1)C(=CCCO)C1=CCCC1. The zero-order valence-corrected chi connectivity index (χ0v) is 10.7. The van der Waals surface area contributed by atoms with Crippen LogP contribution in [0.25, 0.3) is 0 Å². The molecule has 0 aromatic rings. The lowest BCUT2D eigenvalue weighted by atomic mass is 10.0. The smallest absolute Gasteiger partial charge is 0.343 e. The molecule has 3 nitrogen and oxygen atoms in total. The van der Waals surface area contributed by atoms with Crippen molar-refractivity contribution in [1.29, 1.82) is 0 Å². The molecule has 3 heteroatoms. The number of rotatable bonds is 5. The molecular formula is C15H20O3. The molecule has 1 N–H and O–H groups in total. The molecule has 18 heavy (non-hydrogen) atoms. The number of carbonyl (C=O) groups excluding carboxylic acids is 1. The van der Waals surface area contributed by atoms with Crippen molar-refractivity contribution in [2.75, 3.05) is 6.61 Å². The molecule has 0 fully saturated rings. The lowest BCUT2D eigenvalue weighted by Crippen LogP contribution is -2.09. The normalized spacial score (nSPS) is 19.7. The van der Waals surface area contributed by atoms with Crippen molar-refractivity contribution in [2.45, 2.75) is 44.9 Å². The number of allylic oxidation sites excluding steroid dienone is 3. The fourth-order valence-corrected chi connectivity index (χ4v) is 2.38. The average molecular weight is 248 g/mol. The average Bonchev–Trinajstić information content (AvgIpc) is 3.02. The van der Waals surface area contributed by atoms with Crippen molar-refractivity contribution >= 4 is 5.97 Å². The monoisotopic (exact) mass is 248 g/mol. The van der Waals surface area contributed by atoms with Crippen LogP contribution in [0.4, 0.5) is 0 Å². The van der Waals surface area contributed by atoms with Gasteiger partial charge in [0, 0.05) is 13.0 Å². The van der Waals surface area contributed by atoms with E-state index in [1.807, 2.05) is 6.08 Å². The van der Waals surface area contributed by atoms with Crippen LogP contribution in [0.5, 0.6) is 0 Å². The highest BCUT2D eigenvalue weighted by Crippen LogP contribution is 2.28. The van der Waals surface area contributed by atoms with Gasteiger partial charge in [-0.05, 0) is 50.2 Å². The van der Waals surface area contributed by atoms with E-state index < -0.39 is 0 Å². The van der Waals surface area contributed by atoms with E-state index >= 15 is 0 Å². The molecule has 0 heterocycles. The van der Waals surface area contributed by atoms with Gasteiger partial charge in [-0.1, -0.05) is 12.2 Å². The summed E-state index contributed by atoms with van der Waals surface area (Å²) in [6, 6.07) is 0. The van der Waals surface area contributed by atoms with Gasteiger partial charge in [-0.3, -0.25) is 0 Å². The summed E-state index contributed by atoms with van der Waals surface area (Å²) in [5.74, 6) is 0.540. The number of aliphatic hydroxyl groups is 1. The molecular weight excluding hydrogens is 228 g/mol. The van der Waals surface area contributed by atoms with Crippen LogP contribution >= 0.6 is 0 Å². The van der Waals surface area contributed by atoms with E-state index in [9.17, 15) is 4.79 Å². The van der Waals surface area contributed by atoms with Crippen molar-refractivity contribution in [3.05, 3.63) is 35.1 Å². The zero-order chi connectivity index (χ0) is 12.8. The van der Waals surface area contributed by atoms with Gasteiger partial charge in [-0.15, -0.1) is 0 Å². The van der Waals surface area contributed by atoms with Crippen molar-refractivity contribution in [3.8, 4) is 0 Å². The molecule has 0 radical (unpaired) electrons. The summed E-state index contributed by atoms with van der Waals surface area (Å²) in [5.41, 5.74) is 1.72. The lowest BCUT2D eigenvalue weighted by molar-refractivity contribution is -0.134. The van der Waals surface area contributed by atoms with Gasteiger partial charge in [0.25, 0.3) is 0 Å². The Hall–Kier alpha value is -1.35. The largest absolute Gasteiger partial charge is 0.428 e. The van der Waals surface area contributed by atoms with Crippen LogP contribution in [0, 0.1) is 0 Å². The Kier molecular flexibility index (Phi) is 4.76. The third-order valence-electron chi connectivity index (χ3n) is 3.31. The molecule has 0 saturated carbocycles.